The molecule has 1 fully saturated rings. The molecule has 47 heavy (non-hydrogen) atoms. The van der Waals surface area contributed by atoms with Gasteiger partial charge in [0.2, 0.25) is 10.9 Å². The second-order valence-corrected chi connectivity index (χ2v) is 12.4. The Morgan fingerprint density at radius 3 is 2.43 bits per heavy atom. The van der Waals surface area contributed by atoms with Crippen molar-refractivity contribution in [3.05, 3.63) is 107 Å². The largest absolute Gasteiger partial charge is 0.458 e. The fourth-order valence-electron chi connectivity index (χ4n) is 5.14. The van der Waals surface area contributed by atoms with Crippen LogP contribution in [0.15, 0.2) is 98.8 Å². The van der Waals surface area contributed by atoms with E-state index in [-0.39, 0.29) is 23.7 Å². The summed E-state index contributed by atoms with van der Waals surface area (Å²) in [6.45, 7) is 0.130. The van der Waals surface area contributed by atoms with Crippen molar-refractivity contribution >= 4 is 47.0 Å². The predicted molar refractivity (Wildman–Crippen MR) is 173 cm³/mol. The van der Waals surface area contributed by atoms with Crippen molar-refractivity contribution in [1.29, 1.82) is 0 Å². The summed E-state index contributed by atoms with van der Waals surface area (Å²) in [6.07, 6.45) is -0.728. The minimum atomic E-state index is -0.947. The average Bonchev–Trinajstić information content (AvgIpc) is 3.76. The second-order valence-electron chi connectivity index (χ2n) is 10.4. The molecule has 2 aromatic carbocycles. The van der Waals surface area contributed by atoms with Crippen molar-refractivity contribution in [3.8, 4) is 0 Å². The molecule has 2 aromatic heterocycles. The maximum Gasteiger partial charge on any atom is 0.356 e. The van der Waals surface area contributed by atoms with Gasteiger partial charge in [0.1, 0.15) is 30.0 Å². The lowest BCUT2D eigenvalue weighted by Gasteiger charge is -2.49. The van der Waals surface area contributed by atoms with Crippen LogP contribution in [0.4, 0.5) is 0 Å². The van der Waals surface area contributed by atoms with Crippen LogP contribution < -0.4 is 11.1 Å². The lowest BCUT2D eigenvalue weighted by molar-refractivity contribution is -0.154. The molecule has 4 heterocycles. The number of ether oxygens (including phenoxy) is 1. The topological polar surface area (TPSA) is 180 Å². The number of nitrogens with one attached hydrogen (secondary N) is 1. The number of furan rings is 1. The van der Waals surface area contributed by atoms with Crippen LogP contribution in [0.25, 0.3) is 0 Å². The molecule has 0 spiro atoms. The van der Waals surface area contributed by atoms with Crippen LogP contribution in [0.2, 0.25) is 0 Å². The van der Waals surface area contributed by atoms with Gasteiger partial charge < -0.3 is 25.0 Å². The van der Waals surface area contributed by atoms with Gasteiger partial charge in [0.05, 0.1) is 6.54 Å². The number of β-lactam (4-membered cyclic amide) rings is 1. The Morgan fingerprint density at radius 1 is 1.13 bits per heavy atom. The number of hydrogen-bond donors (Lipinski definition) is 2. The van der Waals surface area contributed by atoms with Gasteiger partial charge in [-0.15, -0.1) is 16.9 Å². The van der Waals surface area contributed by atoms with Crippen LogP contribution in [0.1, 0.15) is 28.8 Å². The minimum Gasteiger partial charge on any atom is -0.458 e. The summed E-state index contributed by atoms with van der Waals surface area (Å²) in [4.78, 5) is 47.6. The van der Waals surface area contributed by atoms with Crippen molar-refractivity contribution in [2.45, 2.75) is 29.2 Å². The van der Waals surface area contributed by atoms with E-state index in [2.05, 4.69) is 26.0 Å². The fourth-order valence-corrected chi connectivity index (χ4v) is 7.47. The van der Waals surface area contributed by atoms with Gasteiger partial charge in [-0.2, -0.15) is 0 Å². The Hall–Kier alpha value is -4.93. The zero-order valence-corrected chi connectivity index (χ0v) is 26.9. The summed E-state index contributed by atoms with van der Waals surface area (Å²) in [5, 5.41) is 18.1. The standard InChI is InChI=1S/C31H30N8O6S2/c1-38-31(34-36-37-38)47-17-20-16-46-29-24(33-27(40)23(35-43-2)22-14-13-21(15-32)44-22)28(41)39(29)25(20)30(42)45-26(18-9-5-3-6-10-18)19-11-7-4-8-12-19/h3-14,24,26,29H,15-17,32H2,1-2H3,(H,33,40)/b35-23+/t24-,29-/m1/s1. The number of thioether (sulfide) groups is 2. The van der Waals surface area contributed by atoms with E-state index in [4.69, 9.17) is 19.7 Å². The molecule has 0 aliphatic carbocycles. The maximum atomic E-state index is 14.2. The molecular formula is C31H30N8O6S2. The Labute approximate surface area is 277 Å². The number of aryl methyl sites for hydroxylation is 1. The number of hydrogen-bond acceptors (Lipinski definition) is 13. The zero-order valence-electron chi connectivity index (χ0n) is 25.3. The third kappa shape index (κ3) is 6.65. The number of nitrogens with two attached hydrogens (primary N) is 1. The Morgan fingerprint density at radius 2 is 1.83 bits per heavy atom. The van der Waals surface area contributed by atoms with Gasteiger partial charge >= 0.3 is 5.97 Å². The van der Waals surface area contributed by atoms with Gasteiger partial charge in [0, 0.05) is 18.6 Å². The third-order valence-corrected chi connectivity index (χ3v) is 9.84. The van der Waals surface area contributed by atoms with Crippen molar-refractivity contribution in [3.63, 3.8) is 0 Å². The van der Waals surface area contributed by atoms with Gasteiger partial charge in [-0.3, -0.25) is 14.5 Å². The van der Waals surface area contributed by atoms with E-state index < -0.39 is 35.3 Å². The highest BCUT2D eigenvalue weighted by Crippen LogP contribution is 2.42. The highest BCUT2D eigenvalue weighted by molar-refractivity contribution is 8.01. The van der Waals surface area contributed by atoms with E-state index in [1.165, 1.54) is 40.2 Å². The van der Waals surface area contributed by atoms with E-state index >= 15 is 0 Å². The molecule has 2 aliphatic rings. The minimum absolute atomic E-state index is 0.130. The van der Waals surface area contributed by atoms with E-state index in [1.807, 2.05) is 60.7 Å². The fraction of sp³-hybridized carbons (Fsp3) is 0.258. The second kappa shape index (κ2) is 14.2. The first-order valence-electron chi connectivity index (χ1n) is 14.4. The molecular weight excluding hydrogens is 645 g/mol. The van der Waals surface area contributed by atoms with E-state index in [0.717, 1.165) is 11.1 Å². The molecule has 6 rings (SSSR count). The highest BCUT2D eigenvalue weighted by Gasteiger charge is 2.55. The van der Waals surface area contributed by atoms with Crippen LogP contribution >= 0.6 is 23.5 Å². The Bertz CT molecular complexity index is 1790. The van der Waals surface area contributed by atoms with E-state index in [9.17, 15) is 14.4 Å². The SMILES string of the molecule is CO/N=C(/C(=O)N[C@@H]1C(=O)N2C(C(=O)OC(c3ccccc3)c3ccccc3)=C(CSc3nnnn3C)CS[C@H]12)c1ccc(CN)o1. The van der Waals surface area contributed by atoms with Gasteiger partial charge in [-0.05, 0) is 39.3 Å². The number of nitrogens with zero attached hydrogens (tertiary/aromatic N) is 6. The molecule has 0 bridgehead atoms. The van der Waals surface area contributed by atoms with E-state index in [0.29, 0.717) is 28.0 Å². The molecule has 14 nitrogen and oxygen atoms in total. The Kier molecular flexibility index (Phi) is 9.70. The van der Waals surface area contributed by atoms with Gasteiger partial charge in [-0.1, -0.05) is 77.6 Å². The number of benzene rings is 2. The first-order chi connectivity index (χ1) is 22.9. The summed E-state index contributed by atoms with van der Waals surface area (Å²) < 4.78 is 13.3. The van der Waals surface area contributed by atoms with Gasteiger partial charge in [0.25, 0.3) is 11.8 Å². The molecule has 2 aliphatic heterocycles. The number of carbonyl (C=O) groups is 3. The monoisotopic (exact) mass is 674 g/mol. The van der Waals surface area contributed by atoms with Crippen LogP contribution in [0, 0.1) is 0 Å². The quantitative estimate of drug-likeness (QED) is 0.0738. The number of tetrazole rings is 1. The zero-order chi connectivity index (χ0) is 32.9. The first-order valence-corrected chi connectivity index (χ1v) is 16.5. The van der Waals surface area contributed by atoms with Crippen LogP contribution in [0.5, 0.6) is 0 Å². The van der Waals surface area contributed by atoms with Gasteiger partial charge in [-0.25, -0.2) is 9.48 Å². The lowest BCUT2D eigenvalue weighted by Crippen LogP contribution is -2.71. The van der Waals surface area contributed by atoms with Crippen molar-refractivity contribution < 1.29 is 28.4 Å². The Balaban J connectivity index is 1.28. The predicted octanol–water partition coefficient (Wildman–Crippen LogP) is 2.39. The lowest BCUT2D eigenvalue weighted by atomic mass is 10.0. The summed E-state index contributed by atoms with van der Waals surface area (Å²) in [5.41, 5.74) is 7.85. The van der Waals surface area contributed by atoms with Crippen molar-refractivity contribution in [1.82, 2.24) is 30.4 Å². The molecule has 242 valence electrons. The average molecular weight is 675 g/mol. The number of carbonyl (C=O) groups excluding carboxylic acids is 3. The van der Waals surface area contributed by atoms with Crippen molar-refractivity contribution in [2.24, 2.45) is 17.9 Å². The molecule has 3 N–H and O–H groups in total. The first kappa shape index (κ1) is 32.0. The summed E-state index contributed by atoms with van der Waals surface area (Å²) in [6, 6.07) is 21.0. The van der Waals surface area contributed by atoms with E-state index in [1.54, 1.807) is 19.2 Å². The van der Waals surface area contributed by atoms with Crippen LogP contribution in [-0.4, -0.2) is 78.6 Å². The number of aromatic nitrogens is 4. The van der Waals surface area contributed by atoms with Gasteiger partial charge in [0.15, 0.2) is 11.9 Å². The molecule has 1 saturated heterocycles. The molecule has 0 saturated carbocycles. The third-order valence-electron chi connectivity index (χ3n) is 7.41. The molecule has 4 aromatic rings. The normalized spacial score (nSPS) is 17.7. The molecule has 2 atom stereocenters. The molecule has 0 unspecified atom stereocenters. The number of fused-ring (bicyclic) bond motifs is 1. The number of oxime groups is 1. The molecule has 0 radical (unpaired) electrons. The maximum absolute atomic E-state index is 14.2. The van der Waals surface area contributed by atoms with Crippen LogP contribution in [0.3, 0.4) is 0 Å². The number of rotatable bonds is 12. The number of esters is 1. The number of amides is 2. The summed E-state index contributed by atoms with van der Waals surface area (Å²) in [5.74, 6) is -0.509. The molecule has 2 amide bonds. The smallest absolute Gasteiger partial charge is 0.356 e. The van der Waals surface area contributed by atoms with Crippen LogP contribution in [-0.2, 0) is 37.6 Å². The molecule has 16 heteroatoms. The van der Waals surface area contributed by atoms with Crippen molar-refractivity contribution in [2.75, 3.05) is 18.6 Å². The summed E-state index contributed by atoms with van der Waals surface area (Å²) in [7, 11) is 3.01. The summed E-state index contributed by atoms with van der Waals surface area (Å²) >= 11 is 2.75. The highest BCUT2D eigenvalue weighted by atomic mass is 32.2.